The van der Waals surface area contributed by atoms with Crippen LogP contribution in [-0.4, -0.2) is 56.0 Å². The van der Waals surface area contributed by atoms with Crippen molar-refractivity contribution >= 4 is 11.9 Å². The molecule has 27 heavy (non-hydrogen) atoms. The highest BCUT2D eigenvalue weighted by Gasteiger charge is 2.20. The quantitative estimate of drug-likeness (QED) is 0.369. The Balaban J connectivity index is 1.65. The number of hydrogen-bond donors (Lipinski definition) is 3. The van der Waals surface area contributed by atoms with Crippen LogP contribution in [0.3, 0.4) is 0 Å². The van der Waals surface area contributed by atoms with E-state index in [0.717, 1.165) is 51.3 Å². The van der Waals surface area contributed by atoms with E-state index in [0.29, 0.717) is 18.5 Å². The van der Waals surface area contributed by atoms with Gasteiger partial charge in [0, 0.05) is 32.7 Å². The molecule has 1 aliphatic heterocycles. The van der Waals surface area contributed by atoms with Crippen molar-refractivity contribution in [2.75, 3.05) is 33.2 Å². The smallest absolute Gasteiger partial charge is 0.231 e. The number of amides is 1. The number of likely N-dealkylation sites (tertiary alicyclic amines) is 1. The average molecular weight is 374 g/mol. The second-order valence-corrected chi connectivity index (χ2v) is 7.66. The number of aryl methyl sites for hydroxylation is 1. The van der Waals surface area contributed by atoms with Crippen LogP contribution in [0.15, 0.2) is 29.3 Å². The van der Waals surface area contributed by atoms with Crippen LogP contribution in [0.5, 0.6) is 0 Å². The topological polar surface area (TPSA) is 82.8 Å². The SMILES string of the molecule is CN=C(NCCCc1ccc(C(C)C)cc1)NC1CCN(CC(N)=O)CC1. The second-order valence-electron chi connectivity index (χ2n) is 7.66. The van der Waals surface area contributed by atoms with E-state index in [-0.39, 0.29) is 5.91 Å². The van der Waals surface area contributed by atoms with Gasteiger partial charge in [-0.25, -0.2) is 0 Å². The highest BCUT2D eigenvalue weighted by Crippen LogP contribution is 2.15. The summed E-state index contributed by atoms with van der Waals surface area (Å²) >= 11 is 0. The van der Waals surface area contributed by atoms with E-state index in [9.17, 15) is 4.79 Å². The number of aliphatic imine (C=N–C) groups is 1. The molecule has 0 atom stereocenters. The molecule has 2 rings (SSSR count). The van der Waals surface area contributed by atoms with E-state index in [1.165, 1.54) is 11.1 Å². The molecule has 150 valence electrons. The molecule has 0 unspecified atom stereocenters. The summed E-state index contributed by atoms with van der Waals surface area (Å²) in [5.74, 6) is 1.19. The minimum Gasteiger partial charge on any atom is -0.369 e. The van der Waals surface area contributed by atoms with Crippen molar-refractivity contribution < 1.29 is 4.79 Å². The van der Waals surface area contributed by atoms with Gasteiger partial charge in [-0.3, -0.25) is 14.7 Å². The predicted molar refractivity (Wildman–Crippen MR) is 112 cm³/mol. The van der Waals surface area contributed by atoms with Crippen molar-refractivity contribution in [3.8, 4) is 0 Å². The van der Waals surface area contributed by atoms with Crippen molar-refractivity contribution in [2.24, 2.45) is 10.7 Å². The molecule has 6 heteroatoms. The molecule has 1 amide bonds. The van der Waals surface area contributed by atoms with Crippen molar-refractivity contribution in [1.29, 1.82) is 0 Å². The van der Waals surface area contributed by atoms with Gasteiger partial charge >= 0.3 is 0 Å². The minimum absolute atomic E-state index is 0.252. The fourth-order valence-corrected chi connectivity index (χ4v) is 3.41. The standard InChI is InChI=1S/C21H35N5O/c1-16(2)18-8-6-17(7-9-18)5-4-12-24-21(23-3)25-19-10-13-26(14-11-19)15-20(22)27/h6-9,16,19H,4-5,10-15H2,1-3H3,(H2,22,27)(H2,23,24,25). The van der Waals surface area contributed by atoms with Crippen LogP contribution in [-0.2, 0) is 11.2 Å². The van der Waals surface area contributed by atoms with Gasteiger partial charge in [0.05, 0.1) is 6.54 Å². The maximum absolute atomic E-state index is 11.0. The lowest BCUT2D eigenvalue weighted by Gasteiger charge is -2.32. The number of primary amides is 1. The summed E-state index contributed by atoms with van der Waals surface area (Å²) in [6.07, 6.45) is 4.12. The van der Waals surface area contributed by atoms with Crippen molar-refractivity contribution in [2.45, 2.75) is 51.5 Å². The van der Waals surface area contributed by atoms with E-state index in [4.69, 9.17) is 5.73 Å². The van der Waals surface area contributed by atoms with Crippen LogP contribution in [0, 0.1) is 0 Å². The molecule has 1 fully saturated rings. The molecular formula is C21H35N5O. The lowest BCUT2D eigenvalue weighted by atomic mass is 10.0. The summed E-state index contributed by atoms with van der Waals surface area (Å²) in [7, 11) is 1.81. The van der Waals surface area contributed by atoms with Crippen molar-refractivity contribution in [3.63, 3.8) is 0 Å². The molecule has 6 nitrogen and oxygen atoms in total. The van der Waals surface area contributed by atoms with Gasteiger partial charge < -0.3 is 16.4 Å². The first-order chi connectivity index (χ1) is 13.0. The van der Waals surface area contributed by atoms with Crippen molar-refractivity contribution in [1.82, 2.24) is 15.5 Å². The van der Waals surface area contributed by atoms with Gasteiger partial charge in [0.25, 0.3) is 0 Å². The number of guanidine groups is 1. The van der Waals surface area contributed by atoms with Gasteiger partial charge in [0.15, 0.2) is 5.96 Å². The first-order valence-corrected chi connectivity index (χ1v) is 10.0. The van der Waals surface area contributed by atoms with Gasteiger partial charge in [-0.1, -0.05) is 38.1 Å². The largest absolute Gasteiger partial charge is 0.369 e. The lowest BCUT2D eigenvalue weighted by molar-refractivity contribution is -0.119. The van der Waals surface area contributed by atoms with Crippen LogP contribution in [0.4, 0.5) is 0 Å². The predicted octanol–water partition coefficient (Wildman–Crippen LogP) is 1.86. The monoisotopic (exact) mass is 373 g/mol. The number of piperidine rings is 1. The molecule has 1 saturated heterocycles. The fraction of sp³-hybridized carbons (Fsp3) is 0.619. The fourth-order valence-electron chi connectivity index (χ4n) is 3.41. The molecule has 0 aliphatic carbocycles. The highest BCUT2D eigenvalue weighted by molar-refractivity contribution is 5.80. The zero-order chi connectivity index (χ0) is 19.6. The Morgan fingerprint density at radius 2 is 1.93 bits per heavy atom. The molecule has 1 aliphatic rings. The summed E-state index contributed by atoms with van der Waals surface area (Å²) in [4.78, 5) is 17.4. The Hall–Kier alpha value is -2.08. The third-order valence-electron chi connectivity index (χ3n) is 5.11. The number of benzene rings is 1. The number of nitrogens with zero attached hydrogens (tertiary/aromatic N) is 2. The van der Waals surface area contributed by atoms with Gasteiger partial charge in [-0.15, -0.1) is 0 Å². The molecule has 0 radical (unpaired) electrons. The summed E-state index contributed by atoms with van der Waals surface area (Å²) < 4.78 is 0. The van der Waals surface area contributed by atoms with Crippen LogP contribution in [0.1, 0.15) is 50.2 Å². The highest BCUT2D eigenvalue weighted by atomic mass is 16.1. The second kappa shape index (κ2) is 10.9. The van der Waals surface area contributed by atoms with Crippen LogP contribution >= 0.6 is 0 Å². The summed E-state index contributed by atoms with van der Waals surface area (Å²) in [5, 5.41) is 6.91. The number of carbonyl (C=O) groups excluding carboxylic acids is 1. The van der Waals surface area contributed by atoms with E-state index < -0.39 is 0 Å². The van der Waals surface area contributed by atoms with Gasteiger partial charge in [-0.05, 0) is 42.7 Å². The van der Waals surface area contributed by atoms with E-state index in [2.05, 4.69) is 58.6 Å². The normalized spacial score (nSPS) is 16.5. The summed E-state index contributed by atoms with van der Waals surface area (Å²) in [5.41, 5.74) is 8.04. The van der Waals surface area contributed by atoms with E-state index in [1.54, 1.807) is 0 Å². The lowest BCUT2D eigenvalue weighted by Crippen LogP contribution is -2.49. The number of hydrogen-bond acceptors (Lipinski definition) is 3. The number of rotatable bonds is 8. The zero-order valence-corrected chi connectivity index (χ0v) is 17.0. The third kappa shape index (κ3) is 7.59. The summed E-state index contributed by atoms with van der Waals surface area (Å²) in [6.45, 7) is 7.48. The maximum atomic E-state index is 11.0. The first kappa shape index (κ1) is 21.2. The maximum Gasteiger partial charge on any atom is 0.231 e. The molecule has 1 aromatic rings. The molecule has 0 spiro atoms. The average Bonchev–Trinajstić information content (AvgIpc) is 2.65. The molecule has 0 bridgehead atoms. The summed E-state index contributed by atoms with van der Waals surface area (Å²) in [6, 6.07) is 9.34. The van der Waals surface area contributed by atoms with Gasteiger partial charge in [0.2, 0.25) is 5.91 Å². The molecule has 1 aromatic carbocycles. The van der Waals surface area contributed by atoms with E-state index in [1.807, 2.05) is 7.05 Å². The molecule has 0 saturated carbocycles. The Labute approximate surface area is 163 Å². The number of carbonyl (C=O) groups is 1. The van der Waals surface area contributed by atoms with Gasteiger partial charge in [-0.2, -0.15) is 0 Å². The first-order valence-electron chi connectivity index (χ1n) is 10.0. The molecular weight excluding hydrogens is 338 g/mol. The van der Waals surface area contributed by atoms with E-state index >= 15 is 0 Å². The Morgan fingerprint density at radius 1 is 1.26 bits per heavy atom. The number of nitrogens with two attached hydrogens (primary N) is 1. The molecule has 0 aromatic heterocycles. The zero-order valence-electron chi connectivity index (χ0n) is 17.0. The Kier molecular flexibility index (Phi) is 8.58. The third-order valence-corrected chi connectivity index (χ3v) is 5.11. The Bertz CT molecular complexity index is 604. The van der Waals surface area contributed by atoms with Crippen molar-refractivity contribution in [3.05, 3.63) is 35.4 Å². The van der Waals surface area contributed by atoms with Crippen LogP contribution in [0.2, 0.25) is 0 Å². The number of nitrogens with one attached hydrogen (secondary N) is 2. The van der Waals surface area contributed by atoms with Crippen LogP contribution < -0.4 is 16.4 Å². The molecule has 4 N–H and O–H groups in total. The van der Waals surface area contributed by atoms with Gasteiger partial charge in [0.1, 0.15) is 0 Å². The van der Waals surface area contributed by atoms with Crippen LogP contribution in [0.25, 0.3) is 0 Å². The minimum atomic E-state index is -0.252. The molecule has 1 heterocycles. The Morgan fingerprint density at radius 3 is 2.48 bits per heavy atom.